The Morgan fingerprint density at radius 3 is 2.52 bits per heavy atom. The maximum absolute atomic E-state index is 12.3. The van der Waals surface area contributed by atoms with Crippen LogP contribution >= 0.6 is 34.8 Å². The van der Waals surface area contributed by atoms with E-state index in [-0.39, 0.29) is 17.5 Å². The molecule has 0 spiro atoms. The van der Waals surface area contributed by atoms with Gasteiger partial charge in [0, 0.05) is 22.6 Å². The first-order valence-electron chi connectivity index (χ1n) is 7.13. The van der Waals surface area contributed by atoms with Crippen LogP contribution in [0, 0.1) is 0 Å². The summed E-state index contributed by atoms with van der Waals surface area (Å²) in [4.78, 5) is 20.6. The van der Waals surface area contributed by atoms with Crippen LogP contribution in [0.2, 0.25) is 15.1 Å². The minimum Gasteiger partial charge on any atom is -0.324 e. The van der Waals surface area contributed by atoms with E-state index in [2.05, 4.69) is 20.6 Å². The van der Waals surface area contributed by atoms with Crippen LogP contribution < -0.4 is 10.6 Å². The Morgan fingerprint density at radius 1 is 0.920 bits per heavy atom. The summed E-state index contributed by atoms with van der Waals surface area (Å²) in [6, 6.07) is 13.4. The van der Waals surface area contributed by atoms with Gasteiger partial charge < -0.3 is 10.6 Å². The fourth-order valence-electron chi connectivity index (χ4n) is 2.01. The highest BCUT2D eigenvalue weighted by atomic mass is 35.5. The molecule has 0 fully saturated rings. The molecule has 0 unspecified atom stereocenters. The average molecular weight is 394 g/mol. The molecule has 0 radical (unpaired) electrons. The van der Waals surface area contributed by atoms with Crippen LogP contribution in [-0.2, 0) is 0 Å². The molecule has 0 aliphatic heterocycles. The van der Waals surface area contributed by atoms with Gasteiger partial charge in [-0.05, 0) is 42.5 Å². The topological polar surface area (TPSA) is 66.9 Å². The van der Waals surface area contributed by atoms with E-state index in [9.17, 15) is 4.79 Å². The lowest BCUT2D eigenvalue weighted by Gasteiger charge is -2.08. The third kappa shape index (κ3) is 4.60. The molecule has 2 aromatic carbocycles. The van der Waals surface area contributed by atoms with Crippen molar-refractivity contribution < 1.29 is 4.79 Å². The van der Waals surface area contributed by atoms with Gasteiger partial charge in [0.15, 0.2) is 0 Å². The molecule has 0 saturated carbocycles. The smallest absolute Gasteiger partial charge is 0.274 e. The van der Waals surface area contributed by atoms with Gasteiger partial charge in [-0.25, -0.2) is 9.97 Å². The van der Waals surface area contributed by atoms with Gasteiger partial charge in [-0.15, -0.1) is 0 Å². The number of amides is 1. The molecular formula is C17H11Cl3N4O. The van der Waals surface area contributed by atoms with Gasteiger partial charge in [0.2, 0.25) is 5.95 Å². The molecule has 1 amide bonds. The Morgan fingerprint density at radius 2 is 1.76 bits per heavy atom. The number of nitrogens with zero attached hydrogens (tertiary/aromatic N) is 2. The summed E-state index contributed by atoms with van der Waals surface area (Å²) >= 11 is 17.8. The molecule has 1 heterocycles. The Kier molecular flexibility index (Phi) is 5.38. The predicted molar refractivity (Wildman–Crippen MR) is 101 cm³/mol. The van der Waals surface area contributed by atoms with Crippen LogP contribution in [-0.4, -0.2) is 15.9 Å². The zero-order valence-corrected chi connectivity index (χ0v) is 14.9. The summed E-state index contributed by atoms with van der Waals surface area (Å²) in [5.74, 6) is -0.112. The molecule has 3 aromatic rings. The zero-order valence-electron chi connectivity index (χ0n) is 12.6. The monoisotopic (exact) mass is 392 g/mol. The van der Waals surface area contributed by atoms with E-state index in [1.165, 1.54) is 12.3 Å². The average Bonchev–Trinajstić information content (AvgIpc) is 2.58. The summed E-state index contributed by atoms with van der Waals surface area (Å²) in [6.07, 6.45) is 1.49. The van der Waals surface area contributed by atoms with Crippen molar-refractivity contribution in [1.29, 1.82) is 0 Å². The van der Waals surface area contributed by atoms with E-state index >= 15 is 0 Å². The first kappa shape index (κ1) is 17.5. The Labute approximate surface area is 159 Å². The van der Waals surface area contributed by atoms with Gasteiger partial charge in [-0.1, -0.05) is 40.9 Å². The second kappa shape index (κ2) is 7.70. The van der Waals surface area contributed by atoms with Crippen molar-refractivity contribution in [2.45, 2.75) is 0 Å². The number of carbonyl (C=O) groups is 1. The van der Waals surface area contributed by atoms with E-state index < -0.39 is 0 Å². The van der Waals surface area contributed by atoms with Crippen LogP contribution in [0.25, 0.3) is 0 Å². The van der Waals surface area contributed by atoms with Crippen LogP contribution in [0.15, 0.2) is 54.7 Å². The Balaban J connectivity index is 1.76. The zero-order chi connectivity index (χ0) is 17.8. The lowest BCUT2D eigenvalue weighted by atomic mass is 10.3. The van der Waals surface area contributed by atoms with Crippen molar-refractivity contribution >= 4 is 58.0 Å². The highest BCUT2D eigenvalue weighted by Crippen LogP contribution is 2.26. The Hall–Kier alpha value is -2.34. The number of nitrogens with one attached hydrogen (secondary N) is 2. The van der Waals surface area contributed by atoms with Crippen molar-refractivity contribution in [1.82, 2.24) is 9.97 Å². The molecule has 8 heteroatoms. The lowest BCUT2D eigenvalue weighted by molar-refractivity contribution is 0.102. The van der Waals surface area contributed by atoms with E-state index in [0.717, 1.165) is 0 Å². The SMILES string of the molecule is O=C(Nc1cccc(Cl)c1)c1ccnc(Nc2ccc(Cl)c(Cl)c2)n1. The number of rotatable bonds is 4. The van der Waals surface area contributed by atoms with E-state index in [0.29, 0.717) is 26.4 Å². The molecule has 0 bridgehead atoms. The summed E-state index contributed by atoms with van der Waals surface area (Å²) in [6.45, 7) is 0. The van der Waals surface area contributed by atoms with E-state index in [4.69, 9.17) is 34.8 Å². The molecule has 5 nitrogen and oxygen atoms in total. The van der Waals surface area contributed by atoms with E-state index in [1.807, 2.05) is 0 Å². The molecule has 1 aromatic heterocycles. The molecule has 0 aliphatic rings. The van der Waals surface area contributed by atoms with Crippen molar-refractivity contribution in [2.75, 3.05) is 10.6 Å². The van der Waals surface area contributed by atoms with Crippen LogP contribution in [0.1, 0.15) is 10.5 Å². The summed E-state index contributed by atoms with van der Waals surface area (Å²) in [5, 5.41) is 7.08. The first-order valence-corrected chi connectivity index (χ1v) is 8.27. The van der Waals surface area contributed by atoms with Gasteiger partial charge in [-0.3, -0.25) is 4.79 Å². The molecule has 0 atom stereocenters. The summed E-state index contributed by atoms with van der Waals surface area (Å²) < 4.78 is 0. The summed E-state index contributed by atoms with van der Waals surface area (Å²) in [7, 11) is 0. The van der Waals surface area contributed by atoms with Crippen molar-refractivity contribution in [2.24, 2.45) is 0 Å². The maximum Gasteiger partial charge on any atom is 0.274 e. The quantitative estimate of drug-likeness (QED) is 0.620. The summed E-state index contributed by atoms with van der Waals surface area (Å²) in [5.41, 5.74) is 1.44. The second-order valence-corrected chi connectivity index (χ2v) is 6.23. The number of hydrogen-bond acceptors (Lipinski definition) is 4. The van der Waals surface area contributed by atoms with Gasteiger partial charge >= 0.3 is 0 Å². The minimum atomic E-state index is -0.373. The molecule has 25 heavy (non-hydrogen) atoms. The number of halogens is 3. The molecule has 0 aliphatic carbocycles. The molecule has 2 N–H and O–H groups in total. The Bertz CT molecular complexity index is 933. The van der Waals surface area contributed by atoms with Gasteiger partial charge in [-0.2, -0.15) is 0 Å². The normalized spacial score (nSPS) is 10.4. The van der Waals surface area contributed by atoms with E-state index in [1.54, 1.807) is 42.5 Å². The lowest BCUT2D eigenvalue weighted by Crippen LogP contribution is -2.14. The molecular weight excluding hydrogens is 383 g/mol. The van der Waals surface area contributed by atoms with Gasteiger partial charge in [0.25, 0.3) is 5.91 Å². The van der Waals surface area contributed by atoms with Gasteiger partial charge in [0.05, 0.1) is 10.0 Å². The molecule has 3 rings (SSSR count). The first-order chi connectivity index (χ1) is 12.0. The number of anilines is 3. The third-order valence-corrected chi connectivity index (χ3v) is 4.12. The van der Waals surface area contributed by atoms with Crippen LogP contribution in [0.5, 0.6) is 0 Å². The minimum absolute atomic E-state index is 0.206. The van der Waals surface area contributed by atoms with Gasteiger partial charge in [0.1, 0.15) is 5.69 Å². The molecule has 126 valence electrons. The van der Waals surface area contributed by atoms with Crippen molar-refractivity contribution in [3.63, 3.8) is 0 Å². The number of benzene rings is 2. The van der Waals surface area contributed by atoms with Crippen molar-refractivity contribution in [3.8, 4) is 0 Å². The predicted octanol–water partition coefficient (Wildman–Crippen LogP) is 5.43. The largest absolute Gasteiger partial charge is 0.324 e. The molecule has 0 saturated heterocycles. The maximum atomic E-state index is 12.3. The third-order valence-electron chi connectivity index (χ3n) is 3.15. The fourth-order valence-corrected chi connectivity index (χ4v) is 2.50. The van der Waals surface area contributed by atoms with Crippen LogP contribution in [0.3, 0.4) is 0 Å². The number of aromatic nitrogens is 2. The van der Waals surface area contributed by atoms with Crippen LogP contribution in [0.4, 0.5) is 17.3 Å². The standard InChI is InChI=1S/C17H11Cl3N4O/c18-10-2-1-3-11(8-10)22-16(25)15-6-7-21-17(24-15)23-12-4-5-13(19)14(20)9-12/h1-9H,(H,22,25)(H,21,23,24). The highest BCUT2D eigenvalue weighted by Gasteiger charge is 2.10. The number of hydrogen-bond donors (Lipinski definition) is 2. The second-order valence-electron chi connectivity index (χ2n) is 4.98. The number of carbonyl (C=O) groups excluding carboxylic acids is 1. The fraction of sp³-hybridized carbons (Fsp3) is 0. The van der Waals surface area contributed by atoms with Crippen molar-refractivity contribution in [3.05, 3.63) is 75.5 Å². The highest BCUT2D eigenvalue weighted by molar-refractivity contribution is 6.42.